The van der Waals surface area contributed by atoms with Gasteiger partial charge in [0.15, 0.2) is 0 Å². The Morgan fingerprint density at radius 1 is 1.17 bits per heavy atom. The number of benzene rings is 1. The summed E-state index contributed by atoms with van der Waals surface area (Å²) < 4.78 is 0.757. The molecule has 0 radical (unpaired) electrons. The van der Waals surface area contributed by atoms with Gasteiger partial charge in [-0.15, -0.1) is 0 Å². The quantitative estimate of drug-likeness (QED) is 0.822. The molecule has 2 rings (SSSR count). The van der Waals surface area contributed by atoms with Crippen LogP contribution in [0.5, 0.6) is 5.75 Å². The van der Waals surface area contributed by atoms with Crippen molar-refractivity contribution in [3.05, 3.63) is 28.2 Å². The maximum atomic E-state index is 12.6. The summed E-state index contributed by atoms with van der Waals surface area (Å²) in [6, 6.07) is 4.84. The minimum Gasteiger partial charge on any atom is -0.507 e. The normalized spacial score (nSPS) is 15.4. The van der Waals surface area contributed by atoms with E-state index in [4.69, 9.17) is 0 Å². The molecule has 0 aliphatic carbocycles. The Morgan fingerprint density at radius 3 is 2.38 bits per heavy atom. The Labute approximate surface area is 151 Å². The third-order valence-corrected chi connectivity index (χ3v) is 4.82. The average molecular weight is 398 g/mol. The molecule has 0 saturated carbocycles. The number of piperazine rings is 1. The second kappa shape index (κ2) is 8.48. The van der Waals surface area contributed by atoms with Crippen LogP contribution in [0.25, 0.3) is 0 Å². The highest BCUT2D eigenvalue weighted by Gasteiger charge is 2.25. The van der Waals surface area contributed by atoms with Crippen molar-refractivity contribution in [3.63, 3.8) is 0 Å². The highest BCUT2D eigenvalue weighted by atomic mass is 79.9. The van der Waals surface area contributed by atoms with Crippen molar-refractivity contribution in [3.8, 4) is 5.75 Å². The lowest BCUT2D eigenvalue weighted by Gasteiger charge is -2.35. The van der Waals surface area contributed by atoms with Crippen LogP contribution < -0.4 is 0 Å². The number of phenols is 1. The predicted molar refractivity (Wildman–Crippen MR) is 96.1 cm³/mol. The van der Waals surface area contributed by atoms with Gasteiger partial charge in [0.05, 0.1) is 12.1 Å². The Morgan fingerprint density at radius 2 is 1.79 bits per heavy atom. The molecule has 1 N–H and O–H groups in total. The van der Waals surface area contributed by atoms with Gasteiger partial charge in [-0.25, -0.2) is 0 Å². The van der Waals surface area contributed by atoms with E-state index in [0.29, 0.717) is 38.3 Å². The predicted octanol–water partition coefficient (Wildman–Crippen LogP) is 1.78. The van der Waals surface area contributed by atoms with Gasteiger partial charge in [-0.3, -0.25) is 14.5 Å². The van der Waals surface area contributed by atoms with Gasteiger partial charge < -0.3 is 14.9 Å². The third-order valence-electron chi connectivity index (χ3n) is 4.32. The first-order valence-corrected chi connectivity index (χ1v) is 9.03. The van der Waals surface area contributed by atoms with Crippen molar-refractivity contribution in [1.82, 2.24) is 14.7 Å². The molecule has 1 aliphatic rings. The number of nitrogens with zero attached hydrogens (tertiary/aromatic N) is 3. The van der Waals surface area contributed by atoms with Gasteiger partial charge >= 0.3 is 0 Å². The SMILES string of the molecule is CCN(CC)C(=O)CN1CCN(C(=O)c2cc(Br)ccc2O)CC1. The third kappa shape index (κ3) is 4.48. The van der Waals surface area contributed by atoms with Gasteiger partial charge in [0.2, 0.25) is 5.91 Å². The maximum absolute atomic E-state index is 12.6. The van der Waals surface area contributed by atoms with E-state index >= 15 is 0 Å². The molecule has 7 heteroatoms. The van der Waals surface area contributed by atoms with Crippen LogP contribution in [-0.2, 0) is 4.79 Å². The lowest BCUT2D eigenvalue weighted by atomic mass is 10.1. The second-order valence-corrected chi connectivity index (χ2v) is 6.71. The number of carbonyl (C=O) groups is 2. The van der Waals surface area contributed by atoms with E-state index in [-0.39, 0.29) is 17.6 Å². The molecule has 0 unspecified atom stereocenters. The van der Waals surface area contributed by atoms with E-state index in [1.54, 1.807) is 17.0 Å². The highest BCUT2D eigenvalue weighted by molar-refractivity contribution is 9.10. The highest BCUT2D eigenvalue weighted by Crippen LogP contribution is 2.23. The minimum atomic E-state index is -0.177. The summed E-state index contributed by atoms with van der Waals surface area (Å²) in [7, 11) is 0. The summed E-state index contributed by atoms with van der Waals surface area (Å²) >= 11 is 3.32. The van der Waals surface area contributed by atoms with Crippen LogP contribution in [0.3, 0.4) is 0 Å². The Bertz CT molecular complexity index is 597. The van der Waals surface area contributed by atoms with Crippen molar-refractivity contribution in [2.75, 3.05) is 45.8 Å². The molecular weight excluding hydrogens is 374 g/mol. The number of hydrogen-bond acceptors (Lipinski definition) is 4. The summed E-state index contributed by atoms with van der Waals surface area (Å²) in [5, 5.41) is 9.89. The van der Waals surface area contributed by atoms with E-state index in [1.165, 1.54) is 6.07 Å². The molecule has 1 fully saturated rings. The smallest absolute Gasteiger partial charge is 0.257 e. The van der Waals surface area contributed by atoms with Crippen molar-refractivity contribution in [2.24, 2.45) is 0 Å². The fourth-order valence-electron chi connectivity index (χ4n) is 2.83. The Kier molecular flexibility index (Phi) is 6.62. The maximum Gasteiger partial charge on any atom is 0.257 e. The standard InChI is InChI=1S/C17H24BrN3O3/c1-3-20(4-2)16(23)12-19-7-9-21(10-8-19)17(24)14-11-13(18)5-6-15(14)22/h5-6,11,22H,3-4,7-10,12H2,1-2H3. The van der Waals surface area contributed by atoms with Gasteiger partial charge in [-0.1, -0.05) is 15.9 Å². The van der Waals surface area contributed by atoms with Crippen molar-refractivity contribution >= 4 is 27.7 Å². The van der Waals surface area contributed by atoms with E-state index < -0.39 is 0 Å². The van der Waals surface area contributed by atoms with Crippen molar-refractivity contribution < 1.29 is 14.7 Å². The van der Waals surface area contributed by atoms with Crippen molar-refractivity contribution in [1.29, 1.82) is 0 Å². The number of carbonyl (C=O) groups excluding carboxylic acids is 2. The molecule has 1 aliphatic heterocycles. The molecule has 0 aromatic heterocycles. The molecule has 24 heavy (non-hydrogen) atoms. The summed E-state index contributed by atoms with van der Waals surface area (Å²) in [5.74, 6) is -0.0599. The molecule has 6 nitrogen and oxygen atoms in total. The van der Waals surface area contributed by atoms with Gasteiger partial charge in [-0.2, -0.15) is 0 Å². The second-order valence-electron chi connectivity index (χ2n) is 5.80. The van der Waals surface area contributed by atoms with Crippen LogP contribution in [0.4, 0.5) is 0 Å². The zero-order valence-electron chi connectivity index (χ0n) is 14.2. The van der Waals surface area contributed by atoms with Gasteiger partial charge in [0.25, 0.3) is 5.91 Å². The topological polar surface area (TPSA) is 64.1 Å². The molecule has 1 heterocycles. The van der Waals surface area contributed by atoms with Crippen LogP contribution in [0, 0.1) is 0 Å². The van der Waals surface area contributed by atoms with Crippen LogP contribution in [0.1, 0.15) is 24.2 Å². The average Bonchev–Trinajstić information content (AvgIpc) is 2.58. The van der Waals surface area contributed by atoms with Crippen LogP contribution >= 0.6 is 15.9 Å². The summed E-state index contributed by atoms with van der Waals surface area (Å²) in [5.41, 5.74) is 0.303. The molecular formula is C17H24BrN3O3. The summed E-state index contributed by atoms with van der Waals surface area (Å²) in [6.07, 6.45) is 0. The first-order chi connectivity index (χ1) is 11.5. The number of halogens is 1. The summed E-state index contributed by atoms with van der Waals surface area (Å²) in [6.45, 7) is 8.20. The van der Waals surface area contributed by atoms with Gasteiger partial charge in [0, 0.05) is 43.7 Å². The van der Waals surface area contributed by atoms with Crippen molar-refractivity contribution in [2.45, 2.75) is 13.8 Å². The molecule has 1 aromatic carbocycles. The zero-order chi connectivity index (χ0) is 17.7. The minimum absolute atomic E-state index is 0.0117. The first kappa shape index (κ1) is 18.7. The van der Waals surface area contributed by atoms with Crippen LogP contribution in [-0.4, -0.2) is 77.4 Å². The Hall–Kier alpha value is -1.60. The molecule has 132 valence electrons. The number of rotatable bonds is 5. The molecule has 0 bridgehead atoms. The molecule has 0 spiro atoms. The molecule has 0 atom stereocenters. The first-order valence-electron chi connectivity index (χ1n) is 8.24. The van der Waals surface area contributed by atoms with E-state index in [0.717, 1.165) is 17.6 Å². The fourth-order valence-corrected chi connectivity index (χ4v) is 3.19. The number of phenolic OH excluding ortho intramolecular Hbond substituents is 1. The summed E-state index contributed by atoms with van der Waals surface area (Å²) in [4.78, 5) is 30.3. The van der Waals surface area contributed by atoms with Gasteiger partial charge in [-0.05, 0) is 32.0 Å². The molecule has 1 aromatic rings. The fraction of sp³-hybridized carbons (Fsp3) is 0.529. The number of amides is 2. The van der Waals surface area contributed by atoms with Crippen LogP contribution in [0.15, 0.2) is 22.7 Å². The van der Waals surface area contributed by atoms with Crippen LogP contribution in [0.2, 0.25) is 0 Å². The van der Waals surface area contributed by atoms with E-state index in [9.17, 15) is 14.7 Å². The number of likely N-dealkylation sites (N-methyl/N-ethyl adjacent to an activating group) is 1. The zero-order valence-corrected chi connectivity index (χ0v) is 15.8. The monoisotopic (exact) mass is 397 g/mol. The lowest BCUT2D eigenvalue weighted by molar-refractivity contribution is -0.132. The lowest BCUT2D eigenvalue weighted by Crippen LogP contribution is -2.51. The number of aromatic hydroxyl groups is 1. The molecule has 2 amide bonds. The Balaban J connectivity index is 1.91. The van der Waals surface area contributed by atoms with E-state index in [2.05, 4.69) is 20.8 Å². The largest absolute Gasteiger partial charge is 0.507 e. The number of hydrogen-bond donors (Lipinski definition) is 1. The van der Waals surface area contributed by atoms with Gasteiger partial charge in [0.1, 0.15) is 5.75 Å². The van der Waals surface area contributed by atoms with E-state index in [1.807, 2.05) is 18.7 Å². The molecule has 1 saturated heterocycles.